The van der Waals surface area contributed by atoms with Crippen LogP contribution in [0.4, 0.5) is 0 Å². The molecule has 2 aromatic heterocycles. The van der Waals surface area contributed by atoms with E-state index in [4.69, 9.17) is 42.7 Å². The van der Waals surface area contributed by atoms with Crippen LogP contribution in [0.25, 0.3) is 5.82 Å². The van der Waals surface area contributed by atoms with E-state index >= 15 is 0 Å². The molecule has 19 nitrogen and oxygen atoms in total. The number of fused-ring (bicyclic) bond motifs is 15. The summed E-state index contributed by atoms with van der Waals surface area (Å²) in [5.41, 5.74) is -2.79. The summed E-state index contributed by atoms with van der Waals surface area (Å²) in [5, 5.41) is 44.8. The SMILES string of the molecule is CC[C@H]1OC(=O)[C@H](C)[C@@H](O[C@H]2C[C@@](C)(OC)[C@@H](O)[C@H](C)O2)[C@H](C)[C@@H](O[C@@H]2O[C@H](C)C[C@H](N(C)C)[C@H]2O)[C@@]2(C)C[C@@H](C)N(C)C[C@H](C)[C@@H](OC/C(=N\OCc3ccc(-n4cccn4)nc3)CO2)[C@]1(C)O. The lowest BCUT2D eigenvalue weighted by Crippen LogP contribution is -2.61. The zero-order valence-corrected chi connectivity index (χ0v) is 43.4. The van der Waals surface area contributed by atoms with Gasteiger partial charge in [-0.3, -0.25) is 4.79 Å². The van der Waals surface area contributed by atoms with Crippen molar-refractivity contribution in [2.45, 2.75) is 192 Å². The molecule has 5 saturated heterocycles. The molecule has 0 aromatic carbocycles. The van der Waals surface area contributed by atoms with Crippen molar-refractivity contribution in [1.29, 1.82) is 0 Å². The number of esters is 1. The van der Waals surface area contributed by atoms with Crippen LogP contribution < -0.4 is 0 Å². The highest BCUT2D eigenvalue weighted by Crippen LogP contribution is 2.42. The molecule has 2 aromatic rings. The van der Waals surface area contributed by atoms with Gasteiger partial charge in [0, 0.05) is 62.2 Å². The van der Waals surface area contributed by atoms with Crippen molar-refractivity contribution in [1.82, 2.24) is 24.6 Å². The molecule has 3 N–H and O–H groups in total. The fraction of sp³-hybridized carbons (Fsp3) is 0.800. The summed E-state index contributed by atoms with van der Waals surface area (Å²) in [7, 11) is 7.40. The molecule has 18 atom stereocenters. The van der Waals surface area contributed by atoms with Gasteiger partial charge in [0.1, 0.15) is 36.2 Å². The Labute approximate surface area is 409 Å². The van der Waals surface area contributed by atoms with E-state index in [-0.39, 0.29) is 56.8 Å². The minimum atomic E-state index is -1.69. The third-order valence-corrected chi connectivity index (χ3v) is 15.2. The lowest BCUT2D eigenvalue weighted by atomic mass is 9.78. The predicted molar refractivity (Wildman–Crippen MR) is 255 cm³/mol. The Morgan fingerprint density at radius 3 is 2.39 bits per heavy atom. The Hall–Kier alpha value is -3.18. The van der Waals surface area contributed by atoms with E-state index in [0.29, 0.717) is 30.9 Å². The molecule has 0 radical (unpaired) electrons. The minimum absolute atomic E-state index is 0.0865. The summed E-state index contributed by atoms with van der Waals surface area (Å²) in [6, 6.07) is 5.11. The van der Waals surface area contributed by atoms with Crippen LogP contribution in [0.5, 0.6) is 0 Å². The molecule has 69 heavy (non-hydrogen) atoms. The van der Waals surface area contributed by atoms with Crippen LogP contribution in [-0.2, 0) is 54.1 Å². The number of hydrogen-bond acceptors (Lipinski definition) is 18. The molecule has 7 heterocycles. The highest BCUT2D eigenvalue weighted by molar-refractivity contribution is 5.86. The van der Waals surface area contributed by atoms with Crippen molar-refractivity contribution in [3.63, 3.8) is 0 Å². The van der Waals surface area contributed by atoms with Gasteiger partial charge in [-0.15, -0.1) is 0 Å². The number of nitrogens with zero attached hydrogens (tertiary/aromatic N) is 6. The molecule has 0 aliphatic carbocycles. The van der Waals surface area contributed by atoms with Crippen molar-refractivity contribution < 1.29 is 62.8 Å². The van der Waals surface area contributed by atoms with Crippen LogP contribution in [0.3, 0.4) is 0 Å². The van der Waals surface area contributed by atoms with Crippen molar-refractivity contribution in [2.24, 2.45) is 22.9 Å². The van der Waals surface area contributed by atoms with E-state index in [2.05, 4.69) is 27.1 Å². The Bertz CT molecular complexity index is 1960. The molecule has 0 saturated carbocycles. The van der Waals surface area contributed by atoms with E-state index < -0.39 is 89.9 Å². The van der Waals surface area contributed by atoms with Crippen LogP contribution in [0, 0.1) is 17.8 Å². The maximum atomic E-state index is 14.8. The Balaban J connectivity index is 1.48. The number of rotatable bonds is 11. The summed E-state index contributed by atoms with van der Waals surface area (Å²) in [4.78, 5) is 29.6. The second-order valence-electron chi connectivity index (χ2n) is 21.1. The van der Waals surface area contributed by atoms with E-state index in [1.165, 1.54) is 7.11 Å². The summed E-state index contributed by atoms with van der Waals surface area (Å²) in [6.07, 6.45) is -2.26. The minimum Gasteiger partial charge on any atom is -0.459 e. The zero-order valence-electron chi connectivity index (χ0n) is 43.4. The molecule has 5 fully saturated rings. The fourth-order valence-corrected chi connectivity index (χ4v) is 10.9. The molecule has 19 heteroatoms. The van der Waals surface area contributed by atoms with Gasteiger partial charge in [-0.25, -0.2) is 9.67 Å². The Morgan fingerprint density at radius 1 is 1.01 bits per heavy atom. The number of aromatic nitrogens is 3. The molecule has 390 valence electrons. The largest absolute Gasteiger partial charge is 0.459 e. The number of methoxy groups -OCH3 is 1. The van der Waals surface area contributed by atoms with E-state index in [1.54, 1.807) is 44.8 Å². The van der Waals surface area contributed by atoms with Gasteiger partial charge in [-0.1, -0.05) is 32.0 Å². The van der Waals surface area contributed by atoms with Crippen LogP contribution in [0.15, 0.2) is 41.9 Å². The number of ether oxygens (including phenoxy) is 8. The van der Waals surface area contributed by atoms with E-state index in [1.807, 2.05) is 85.1 Å². The number of oxime groups is 1. The number of hydrogen-bond donors (Lipinski definition) is 3. The average molecular weight is 975 g/mol. The lowest BCUT2D eigenvalue weighted by molar-refractivity contribution is -0.320. The number of likely N-dealkylation sites (N-methyl/N-ethyl adjacent to an activating group) is 1. The Kier molecular flexibility index (Phi) is 18.5. The first-order chi connectivity index (χ1) is 32.5. The summed E-state index contributed by atoms with van der Waals surface area (Å²) in [6.45, 7) is 19.2. The smallest absolute Gasteiger partial charge is 0.311 e. The van der Waals surface area contributed by atoms with Crippen LogP contribution in [0.1, 0.15) is 100 Å². The number of carbonyl (C=O) groups excluding carboxylic acids is 1. The predicted octanol–water partition coefficient (Wildman–Crippen LogP) is 4.12. The van der Waals surface area contributed by atoms with Gasteiger partial charge in [0.2, 0.25) is 0 Å². The quantitative estimate of drug-likeness (QED) is 0.214. The zero-order chi connectivity index (χ0) is 50.6. The molecule has 5 aliphatic rings. The average Bonchev–Trinajstić information content (AvgIpc) is 3.85. The van der Waals surface area contributed by atoms with Crippen molar-refractivity contribution in [2.75, 3.05) is 48.0 Å². The van der Waals surface area contributed by atoms with Gasteiger partial charge in [-0.2, -0.15) is 5.10 Å². The van der Waals surface area contributed by atoms with Crippen LogP contribution in [0.2, 0.25) is 0 Å². The third-order valence-electron chi connectivity index (χ3n) is 15.2. The van der Waals surface area contributed by atoms with Gasteiger partial charge in [0.15, 0.2) is 18.4 Å². The third kappa shape index (κ3) is 12.7. The molecule has 2 bridgehead atoms. The summed E-state index contributed by atoms with van der Waals surface area (Å²) < 4.78 is 54.9. The first-order valence-corrected chi connectivity index (χ1v) is 24.7. The highest BCUT2D eigenvalue weighted by Gasteiger charge is 2.54. The van der Waals surface area contributed by atoms with Crippen LogP contribution >= 0.6 is 0 Å². The summed E-state index contributed by atoms with van der Waals surface area (Å²) in [5.74, 6) is -1.94. The first-order valence-electron chi connectivity index (χ1n) is 24.7. The number of pyridine rings is 1. The maximum Gasteiger partial charge on any atom is 0.311 e. The second kappa shape index (κ2) is 23.1. The normalized spacial score (nSPS) is 42.0. The van der Waals surface area contributed by atoms with Crippen molar-refractivity contribution >= 4 is 11.7 Å². The Morgan fingerprint density at radius 2 is 1.75 bits per heavy atom. The van der Waals surface area contributed by atoms with E-state index in [9.17, 15) is 20.1 Å². The molecule has 0 spiro atoms. The molecule has 7 rings (SSSR count). The maximum absolute atomic E-state index is 14.8. The molecular formula is C50H82N6O13. The first kappa shape index (κ1) is 55.1. The number of aliphatic hydroxyl groups excluding tert-OH is 2. The molecular weight excluding hydrogens is 893 g/mol. The van der Waals surface area contributed by atoms with Crippen molar-refractivity contribution in [3.8, 4) is 5.82 Å². The fourth-order valence-electron chi connectivity index (χ4n) is 10.9. The van der Waals surface area contributed by atoms with Crippen LogP contribution in [-0.4, -0.2) is 190 Å². The van der Waals surface area contributed by atoms with Gasteiger partial charge in [-0.05, 0) is 107 Å². The highest BCUT2D eigenvalue weighted by atomic mass is 16.7. The number of carbonyl (C=O) groups is 1. The van der Waals surface area contributed by atoms with E-state index in [0.717, 1.165) is 5.56 Å². The van der Waals surface area contributed by atoms with Gasteiger partial charge < -0.3 is 67.9 Å². The molecule has 0 unspecified atom stereocenters. The molecule has 0 amide bonds. The second-order valence-corrected chi connectivity index (χ2v) is 21.1. The summed E-state index contributed by atoms with van der Waals surface area (Å²) >= 11 is 0. The lowest BCUT2D eigenvalue weighted by Gasteiger charge is -2.50. The van der Waals surface area contributed by atoms with Crippen molar-refractivity contribution in [3.05, 3.63) is 42.4 Å². The van der Waals surface area contributed by atoms with Gasteiger partial charge in [0.05, 0.1) is 60.9 Å². The monoisotopic (exact) mass is 975 g/mol. The van der Waals surface area contributed by atoms with Gasteiger partial charge >= 0.3 is 5.97 Å². The topological polar surface area (TPSA) is 210 Å². The molecule has 5 aliphatic heterocycles. The number of aliphatic hydroxyl groups is 3. The standard InChI is InChI=1S/C50H82N6O13/c1-15-38-50(10,60)44-29(2)25-55(13)30(3)22-49(9,63-28-36(27-62-44)53-64-26-35-17-18-39(51-24-35)56-20-16-19-52-56)45(69-47-41(57)37(54(11)12)21-31(4)65-47)32(5)42(33(6)46(59)67-38)68-40-23-48(8,61-14)43(58)34(7)66-40/h16-20,24,29-34,37-38,40-45,47,57-58,60H,15,21-23,25-28H2,1-14H3/b53-36+/t29-,30+,31+,32-,33+,34-,37-,38+,40-,41+,42-,43-,44+,45+,47-,48+,49+,50+/m0/s1. The van der Waals surface area contributed by atoms with Gasteiger partial charge in [0.25, 0.3) is 0 Å².